The number of rotatable bonds is 6. The van der Waals surface area contributed by atoms with Gasteiger partial charge in [0.05, 0.1) is 10.4 Å². The molecule has 10 heteroatoms. The van der Waals surface area contributed by atoms with Crippen molar-refractivity contribution in [1.82, 2.24) is 15.0 Å². The van der Waals surface area contributed by atoms with Crippen LogP contribution in [0, 0.1) is 10.1 Å². The predicted molar refractivity (Wildman–Crippen MR) is 90.2 cm³/mol. The van der Waals surface area contributed by atoms with Crippen LogP contribution in [0.15, 0.2) is 48.5 Å². The number of anilines is 1. The fourth-order valence-corrected chi connectivity index (χ4v) is 2.24. The molecule has 0 bridgehead atoms. The van der Waals surface area contributed by atoms with Gasteiger partial charge in [-0.15, -0.1) is 5.10 Å². The van der Waals surface area contributed by atoms with Crippen molar-refractivity contribution in [1.29, 1.82) is 0 Å². The molecule has 10 nitrogen and oxygen atoms in total. The lowest BCUT2D eigenvalue weighted by molar-refractivity contribution is -0.384. The lowest BCUT2D eigenvalue weighted by atomic mass is 10.3. The zero-order valence-electron chi connectivity index (χ0n) is 13.4. The Balaban J connectivity index is 1.53. The molecule has 0 unspecified atom stereocenters. The van der Waals surface area contributed by atoms with Gasteiger partial charge >= 0.3 is 5.97 Å². The first-order chi connectivity index (χ1) is 12.5. The highest BCUT2D eigenvalue weighted by Crippen LogP contribution is 2.16. The first-order valence-corrected chi connectivity index (χ1v) is 7.51. The number of nitro benzene ring substituents is 1. The van der Waals surface area contributed by atoms with Gasteiger partial charge in [-0.3, -0.25) is 19.7 Å². The number of ether oxygens (including phenoxy) is 1. The average molecular weight is 355 g/mol. The van der Waals surface area contributed by atoms with E-state index in [2.05, 4.69) is 15.6 Å². The highest BCUT2D eigenvalue weighted by Gasteiger charge is 2.13. The quantitative estimate of drug-likeness (QED) is 0.403. The number of aromatic nitrogens is 3. The summed E-state index contributed by atoms with van der Waals surface area (Å²) >= 11 is 0. The number of benzene rings is 2. The van der Waals surface area contributed by atoms with Gasteiger partial charge < -0.3 is 10.1 Å². The minimum absolute atomic E-state index is 0.155. The van der Waals surface area contributed by atoms with Crippen molar-refractivity contribution in [2.45, 2.75) is 6.54 Å². The Kier molecular flexibility index (Phi) is 4.83. The molecule has 0 spiro atoms. The number of amides is 1. The second kappa shape index (κ2) is 7.38. The lowest BCUT2D eigenvalue weighted by Crippen LogP contribution is -2.23. The number of hydrogen-bond acceptors (Lipinski definition) is 7. The number of para-hydroxylation sites is 1. The Morgan fingerprint density at radius 1 is 1.19 bits per heavy atom. The molecule has 0 aliphatic heterocycles. The molecule has 1 heterocycles. The van der Waals surface area contributed by atoms with Crippen LogP contribution in [0.3, 0.4) is 0 Å². The first kappa shape index (κ1) is 17.0. The number of esters is 1. The molecule has 132 valence electrons. The molecule has 3 aromatic rings. The van der Waals surface area contributed by atoms with Crippen molar-refractivity contribution in [3.05, 3.63) is 58.6 Å². The molecule has 1 aromatic heterocycles. The van der Waals surface area contributed by atoms with Gasteiger partial charge in [-0.25, -0.2) is 4.68 Å². The van der Waals surface area contributed by atoms with Crippen molar-refractivity contribution in [3.8, 4) is 0 Å². The molecule has 0 aliphatic rings. The highest BCUT2D eigenvalue weighted by molar-refractivity contribution is 5.93. The molecule has 0 radical (unpaired) electrons. The van der Waals surface area contributed by atoms with Crippen molar-refractivity contribution in [2.75, 3.05) is 11.9 Å². The monoisotopic (exact) mass is 355 g/mol. The molecule has 0 aliphatic carbocycles. The van der Waals surface area contributed by atoms with Gasteiger partial charge in [0.15, 0.2) is 6.61 Å². The van der Waals surface area contributed by atoms with Crippen LogP contribution in [0.25, 0.3) is 11.0 Å². The SMILES string of the molecule is O=C(COC(=O)Cn1nnc2ccccc21)Nc1cccc([N+](=O)[O-])c1. The Bertz CT molecular complexity index is 984. The molecule has 0 saturated carbocycles. The van der Waals surface area contributed by atoms with Crippen molar-refractivity contribution < 1.29 is 19.2 Å². The summed E-state index contributed by atoms with van der Waals surface area (Å²) in [5.74, 6) is -1.27. The van der Waals surface area contributed by atoms with E-state index in [4.69, 9.17) is 4.74 Å². The van der Waals surface area contributed by atoms with E-state index in [0.717, 1.165) is 0 Å². The summed E-state index contributed by atoms with van der Waals surface area (Å²) in [5, 5.41) is 20.9. The first-order valence-electron chi connectivity index (χ1n) is 7.51. The zero-order chi connectivity index (χ0) is 18.5. The van der Waals surface area contributed by atoms with Crippen LogP contribution >= 0.6 is 0 Å². The number of fused-ring (bicyclic) bond motifs is 1. The normalized spacial score (nSPS) is 10.5. The summed E-state index contributed by atoms with van der Waals surface area (Å²) in [5.41, 5.74) is 1.40. The maximum Gasteiger partial charge on any atom is 0.328 e. The summed E-state index contributed by atoms with van der Waals surface area (Å²) in [6.07, 6.45) is 0. The van der Waals surface area contributed by atoms with Crippen LogP contribution < -0.4 is 5.32 Å². The number of nitrogens with zero attached hydrogens (tertiary/aromatic N) is 4. The summed E-state index contributed by atoms with van der Waals surface area (Å²) in [7, 11) is 0. The third-order valence-electron chi connectivity index (χ3n) is 3.40. The number of carbonyl (C=O) groups excluding carboxylic acids is 2. The topological polar surface area (TPSA) is 129 Å². The van der Waals surface area contributed by atoms with Crippen LogP contribution in [0.4, 0.5) is 11.4 Å². The van der Waals surface area contributed by atoms with E-state index in [1.165, 1.54) is 28.9 Å². The maximum absolute atomic E-state index is 11.9. The lowest BCUT2D eigenvalue weighted by Gasteiger charge is -2.07. The molecule has 0 saturated heterocycles. The van der Waals surface area contributed by atoms with E-state index in [-0.39, 0.29) is 17.9 Å². The van der Waals surface area contributed by atoms with Crippen LogP contribution in [-0.2, 0) is 20.9 Å². The molecule has 3 rings (SSSR count). The Hall–Kier alpha value is -3.82. The van der Waals surface area contributed by atoms with Gasteiger partial charge in [-0.05, 0) is 18.2 Å². The molecule has 26 heavy (non-hydrogen) atoms. The smallest absolute Gasteiger partial charge is 0.328 e. The highest BCUT2D eigenvalue weighted by atomic mass is 16.6. The standard InChI is InChI=1S/C16H13N5O5/c22-15(17-11-4-3-5-12(8-11)21(24)25)10-26-16(23)9-20-14-7-2-1-6-13(14)18-19-20/h1-8H,9-10H2,(H,17,22). The minimum Gasteiger partial charge on any atom is -0.454 e. The van der Waals surface area contributed by atoms with Gasteiger partial charge in [0, 0.05) is 17.8 Å². The predicted octanol–water partition coefficient (Wildman–Crippen LogP) is 1.52. The van der Waals surface area contributed by atoms with Crippen molar-refractivity contribution in [2.24, 2.45) is 0 Å². The molecule has 1 N–H and O–H groups in total. The second-order valence-corrected chi connectivity index (χ2v) is 5.25. The van der Waals surface area contributed by atoms with E-state index in [1.54, 1.807) is 24.3 Å². The van der Waals surface area contributed by atoms with Crippen molar-refractivity contribution in [3.63, 3.8) is 0 Å². The Morgan fingerprint density at radius 2 is 2.00 bits per heavy atom. The molecule has 1 amide bonds. The van der Waals surface area contributed by atoms with E-state index in [9.17, 15) is 19.7 Å². The number of nitro groups is 1. The summed E-state index contributed by atoms with van der Waals surface area (Å²) in [6.45, 7) is -0.710. The molecule has 0 fully saturated rings. The van der Waals surface area contributed by atoms with Crippen LogP contribution in [-0.4, -0.2) is 38.4 Å². The molecular weight excluding hydrogens is 342 g/mol. The molecule has 2 aromatic carbocycles. The third-order valence-corrected chi connectivity index (χ3v) is 3.40. The van der Waals surface area contributed by atoms with E-state index >= 15 is 0 Å². The Labute approximate surface area is 146 Å². The molecule has 0 atom stereocenters. The van der Waals surface area contributed by atoms with E-state index in [1.807, 2.05) is 0 Å². The van der Waals surface area contributed by atoms with E-state index in [0.29, 0.717) is 11.0 Å². The number of nitrogens with one attached hydrogen (secondary N) is 1. The second-order valence-electron chi connectivity index (χ2n) is 5.25. The van der Waals surface area contributed by atoms with Gasteiger partial charge in [-0.1, -0.05) is 23.4 Å². The minimum atomic E-state index is -0.658. The van der Waals surface area contributed by atoms with E-state index < -0.39 is 23.4 Å². The average Bonchev–Trinajstić information content (AvgIpc) is 3.03. The van der Waals surface area contributed by atoms with Gasteiger partial charge in [0.2, 0.25) is 0 Å². The molecular formula is C16H13N5O5. The zero-order valence-corrected chi connectivity index (χ0v) is 13.4. The van der Waals surface area contributed by atoms with Crippen molar-refractivity contribution >= 4 is 34.3 Å². The summed E-state index contributed by atoms with van der Waals surface area (Å²) < 4.78 is 6.27. The van der Waals surface area contributed by atoms with Crippen LogP contribution in [0.5, 0.6) is 0 Å². The third kappa shape index (κ3) is 3.98. The number of carbonyl (C=O) groups is 2. The van der Waals surface area contributed by atoms with Gasteiger partial charge in [0.25, 0.3) is 11.6 Å². The van der Waals surface area contributed by atoms with Crippen LogP contribution in [0.1, 0.15) is 0 Å². The number of non-ortho nitro benzene ring substituents is 1. The van der Waals surface area contributed by atoms with Gasteiger partial charge in [0.1, 0.15) is 12.1 Å². The fraction of sp³-hybridized carbons (Fsp3) is 0.125. The fourth-order valence-electron chi connectivity index (χ4n) is 2.24. The summed E-state index contributed by atoms with van der Waals surface area (Å²) in [4.78, 5) is 33.8. The Morgan fingerprint density at radius 3 is 2.81 bits per heavy atom. The summed E-state index contributed by atoms with van der Waals surface area (Å²) in [6, 6.07) is 12.6. The largest absolute Gasteiger partial charge is 0.454 e. The number of hydrogen-bond donors (Lipinski definition) is 1. The van der Waals surface area contributed by atoms with Gasteiger partial charge in [-0.2, -0.15) is 0 Å². The maximum atomic E-state index is 11.9. The van der Waals surface area contributed by atoms with Crippen LogP contribution in [0.2, 0.25) is 0 Å².